The highest BCUT2D eigenvalue weighted by molar-refractivity contribution is 6.58. The minimum Gasteiger partial charge on any atom is -0.423 e. The van der Waals surface area contributed by atoms with Crippen LogP contribution >= 0.6 is 0 Å². The summed E-state index contributed by atoms with van der Waals surface area (Å²) in [6.45, 7) is 1.97. The van der Waals surface area contributed by atoms with Gasteiger partial charge in [0.1, 0.15) is 0 Å². The maximum absolute atomic E-state index is 13.0. The predicted octanol–water partition coefficient (Wildman–Crippen LogP) is -0.147. The summed E-state index contributed by atoms with van der Waals surface area (Å²) >= 11 is 0. The first kappa shape index (κ1) is 10.1. The van der Waals surface area contributed by atoms with E-state index in [-0.39, 0.29) is 5.46 Å². The van der Waals surface area contributed by atoms with Crippen LogP contribution in [0, 0.1) is 5.95 Å². The summed E-state index contributed by atoms with van der Waals surface area (Å²) in [7, 11) is -1.79. The number of aryl methyl sites for hydroxylation is 1. The van der Waals surface area contributed by atoms with E-state index >= 15 is 0 Å². The number of hydrogen-bond acceptors (Lipinski definition) is 3. The molecule has 2 N–H and O–H groups in total. The summed E-state index contributed by atoms with van der Waals surface area (Å²) in [5, 5.41) is 17.4. The van der Waals surface area contributed by atoms with E-state index < -0.39 is 13.1 Å². The van der Waals surface area contributed by atoms with Gasteiger partial charge >= 0.3 is 7.12 Å². The molecule has 1 aromatic heterocycles. The van der Waals surface area contributed by atoms with Gasteiger partial charge < -0.3 is 10.0 Å². The predicted molar refractivity (Wildman–Crippen MR) is 48.0 cm³/mol. The van der Waals surface area contributed by atoms with Gasteiger partial charge in [-0.05, 0) is 12.5 Å². The average molecular weight is 183 g/mol. The highest BCUT2D eigenvalue weighted by atomic mass is 19.1. The van der Waals surface area contributed by atoms with Gasteiger partial charge in [0.15, 0.2) is 0 Å². The Labute approximate surface area is 76.4 Å². The lowest BCUT2D eigenvalue weighted by molar-refractivity contribution is 0.421. The van der Waals surface area contributed by atoms with Crippen molar-refractivity contribution in [1.29, 1.82) is 0 Å². The molecule has 1 aromatic rings. The quantitative estimate of drug-likeness (QED) is 0.506. The van der Waals surface area contributed by atoms with Crippen LogP contribution in [-0.4, -0.2) is 22.2 Å². The summed E-state index contributed by atoms with van der Waals surface area (Å²) in [5.74, 6) is -0.805. The molecule has 0 aliphatic rings. The molecule has 0 amide bonds. The number of halogens is 1. The Morgan fingerprint density at radius 2 is 2.15 bits per heavy atom. The first-order valence-corrected chi connectivity index (χ1v) is 4.16. The molecule has 13 heavy (non-hydrogen) atoms. The van der Waals surface area contributed by atoms with Crippen LogP contribution in [0.3, 0.4) is 0 Å². The van der Waals surface area contributed by atoms with Gasteiger partial charge in [0, 0.05) is 11.2 Å². The maximum atomic E-state index is 13.0. The maximum Gasteiger partial charge on any atom is 0.493 e. The lowest BCUT2D eigenvalue weighted by Gasteiger charge is -2.02. The molecule has 0 aliphatic heterocycles. The van der Waals surface area contributed by atoms with Crippen LogP contribution in [0.4, 0.5) is 4.39 Å². The van der Waals surface area contributed by atoms with E-state index in [1.54, 1.807) is 6.07 Å². The van der Waals surface area contributed by atoms with Gasteiger partial charge in [-0.2, -0.15) is 4.39 Å². The fraction of sp³-hybridized carbons (Fsp3) is 0.375. The molecule has 70 valence electrons. The van der Waals surface area contributed by atoms with E-state index in [2.05, 4.69) is 4.98 Å². The van der Waals surface area contributed by atoms with Crippen molar-refractivity contribution in [2.24, 2.45) is 0 Å². The van der Waals surface area contributed by atoms with Crippen LogP contribution < -0.4 is 5.46 Å². The van der Waals surface area contributed by atoms with E-state index in [1.807, 2.05) is 6.92 Å². The summed E-state index contributed by atoms with van der Waals surface area (Å²) in [5.41, 5.74) is 0.448. The fourth-order valence-electron chi connectivity index (χ4n) is 1.07. The highest BCUT2D eigenvalue weighted by Gasteiger charge is 2.17. The Hall–Kier alpha value is -0.935. The van der Waals surface area contributed by atoms with Crippen molar-refractivity contribution in [3.63, 3.8) is 0 Å². The zero-order chi connectivity index (χ0) is 9.84. The van der Waals surface area contributed by atoms with Crippen molar-refractivity contribution < 1.29 is 14.4 Å². The van der Waals surface area contributed by atoms with Gasteiger partial charge in [0.25, 0.3) is 0 Å². The van der Waals surface area contributed by atoms with Gasteiger partial charge in [-0.15, -0.1) is 0 Å². The van der Waals surface area contributed by atoms with E-state index in [4.69, 9.17) is 10.0 Å². The third-order valence-corrected chi connectivity index (χ3v) is 1.72. The third kappa shape index (κ3) is 2.50. The van der Waals surface area contributed by atoms with Crippen molar-refractivity contribution in [3.8, 4) is 0 Å². The number of aromatic nitrogens is 1. The Morgan fingerprint density at radius 3 is 2.62 bits per heavy atom. The molecule has 0 atom stereocenters. The highest BCUT2D eigenvalue weighted by Crippen LogP contribution is 1.99. The molecule has 1 heterocycles. The van der Waals surface area contributed by atoms with Gasteiger partial charge in [-0.25, -0.2) is 4.98 Å². The lowest BCUT2D eigenvalue weighted by Crippen LogP contribution is -2.33. The monoisotopic (exact) mass is 183 g/mol. The number of pyridine rings is 1. The van der Waals surface area contributed by atoms with E-state index in [0.717, 1.165) is 6.42 Å². The molecule has 0 spiro atoms. The smallest absolute Gasteiger partial charge is 0.423 e. The SMILES string of the molecule is CCCc1ccc(B(O)O)c(F)n1. The van der Waals surface area contributed by atoms with Crippen molar-refractivity contribution in [1.82, 2.24) is 4.98 Å². The number of nitrogens with zero attached hydrogens (tertiary/aromatic N) is 1. The largest absolute Gasteiger partial charge is 0.493 e. The normalized spacial score (nSPS) is 10.2. The van der Waals surface area contributed by atoms with Crippen LogP contribution in [0.1, 0.15) is 19.0 Å². The average Bonchev–Trinajstić information content (AvgIpc) is 2.04. The minimum atomic E-state index is -1.79. The Kier molecular flexibility index (Phi) is 3.39. The summed E-state index contributed by atoms with van der Waals surface area (Å²) in [6, 6.07) is 2.94. The van der Waals surface area contributed by atoms with Crippen LogP contribution in [0.2, 0.25) is 0 Å². The topological polar surface area (TPSA) is 53.4 Å². The molecule has 1 rings (SSSR count). The van der Waals surface area contributed by atoms with Crippen molar-refractivity contribution >= 4 is 12.6 Å². The lowest BCUT2D eigenvalue weighted by atomic mass is 9.81. The van der Waals surface area contributed by atoms with E-state index in [0.29, 0.717) is 12.1 Å². The summed E-state index contributed by atoms with van der Waals surface area (Å²) < 4.78 is 13.0. The van der Waals surface area contributed by atoms with Gasteiger partial charge in [0.05, 0.1) is 0 Å². The Balaban J connectivity index is 2.92. The van der Waals surface area contributed by atoms with Crippen LogP contribution in [-0.2, 0) is 6.42 Å². The molecule has 0 saturated heterocycles. The molecule has 3 nitrogen and oxygen atoms in total. The van der Waals surface area contributed by atoms with E-state index in [1.165, 1.54) is 6.07 Å². The zero-order valence-electron chi connectivity index (χ0n) is 7.37. The minimum absolute atomic E-state index is 0.181. The zero-order valence-corrected chi connectivity index (χ0v) is 7.37. The first-order valence-electron chi connectivity index (χ1n) is 4.16. The van der Waals surface area contributed by atoms with Gasteiger partial charge in [-0.3, -0.25) is 0 Å². The molecule has 0 fully saturated rings. The first-order chi connectivity index (χ1) is 6.15. The fourth-order valence-corrected chi connectivity index (χ4v) is 1.07. The molecule has 0 unspecified atom stereocenters. The summed E-state index contributed by atoms with van der Waals surface area (Å²) in [6.07, 6.45) is 1.58. The van der Waals surface area contributed by atoms with Crippen LogP contribution in [0.15, 0.2) is 12.1 Å². The number of rotatable bonds is 3. The van der Waals surface area contributed by atoms with Crippen LogP contribution in [0.5, 0.6) is 0 Å². The summed E-state index contributed by atoms with van der Waals surface area (Å²) in [4.78, 5) is 3.60. The molecule has 0 saturated carbocycles. The second kappa shape index (κ2) is 4.34. The Morgan fingerprint density at radius 1 is 1.46 bits per heavy atom. The standard InChI is InChI=1S/C8H11BFNO2/c1-2-3-6-4-5-7(9(12)13)8(10)11-6/h4-5,12-13H,2-3H2,1H3. The van der Waals surface area contributed by atoms with Crippen LogP contribution in [0.25, 0.3) is 0 Å². The van der Waals surface area contributed by atoms with Crippen molar-refractivity contribution in [2.75, 3.05) is 0 Å². The second-order valence-corrected chi connectivity index (χ2v) is 2.81. The second-order valence-electron chi connectivity index (χ2n) is 2.81. The molecular weight excluding hydrogens is 172 g/mol. The molecular formula is C8H11BFNO2. The third-order valence-electron chi connectivity index (χ3n) is 1.72. The number of hydrogen-bond donors (Lipinski definition) is 2. The Bertz CT molecular complexity index is 293. The van der Waals surface area contributed by atoms with E-state index in [9.17, 15) is 4.39 Å². The van der Waals surface area contributed by atoms with Gasteiger partial charge in [0.2, 0.25) is 5.95 Å². The molecule has 0 bridgehead atoms. The molecule has 5 heteroatoms. The van der Waals surface area contributed by atoms with Crippen molar-refractivity contribution in [2.45, 2.75) is 19.8 Å². The molecule has 0 aliphatic carbocycles. The van der Waals surface area contributed by atoms with Gasteiger partial charge in [-0.1, -0.05) is 19.4 Å². The molecule has 0 aromatic carbocycles. The molecule has 0 radical (unpaired) electrons. The van der Waals surface area contributed by atoms with Crippen molar-refractivity contribution in [3.05, 3.63) is 23.8 Å².